The predicted octanol–water partition coefficient (Wildman–Crippen LogP) is 6.42. The summed E-state index contributed by atoms with van der Waals surface area (Å²) < 4.78 is 7.33. The number of hydrogen-bond donors (Lipinski definition) is 0. The van der Waals surface area contributed by atoms with Gasteiger partial charge in [0.2, 0.25) is 5.88 Å². The zero-order valence-electron chi connectivity index (χ0n) is 17.7. The van der Waals surface area contributed by atoms with Crippen LogP contribution in [0.5, 0.6) is 5.88 Å². The van der Waals surface area contributed by atoms with Gasteiger partial charge in [-0.25, -0.2) is 4.79 Å². The lowest BCUT2D eigenvalue weighted by molar-refractivity contribution is -0.384. The summed E-state index contributed by atoms with van der Waals surface area (Å²) in [6.45, 7) is 3.84. The fourth-order valence-electron chi connectivity index (χ4n) is 3.09. The molecule has 7 nitrogen and oxygen atoms in total. The highest BCUT2D eigenvalue weighted by molar-refractivity contribution is 7.99. The minimum absolute atomic E-state index is 0.0100. The summed E-state index contributed by atoms with van der Waals surface area (Å²) in [6, 6.07) is 21.0. The van der Waals surface area contributed by atoms with Crippen molar-refractivity contribution in [2.75, 3.05) is 0 Å². The van der Waals surface area contributed by atoms with Crippen molar-refractivity contribution >= 4 is 35.0 Å². The Morgan fingerprint density at radius 1 is 1.06 bits per heavy atom. The van der Waals surface area contributed by atoms with Crippen LogP contribution in [0.4, 0.5) is 5.69 Å². The summed E-state index contributed by atoms with van der Waals surface area (Å²) in [7, 11) is 0. The molecule has 9 heteroatoms. The fraction of sp³-hybridized carbons (Fsp3) is 0.0833. The molecule has 4 aromatic rings. The molecule has 0 atom stereocenters. The molecule has 4 rings (SSSR count). The highest BCUT2D eigenvalue weighted by atomic mass is 35.5. The number of carbonyl (C=O) groups excluding carboxylic acids is 1. The predicted molar refractivity (Wildman–Crippen MR) is 127 cm³/mol. The van der Waals surface area contributed by atoms with Gasteiger partial charge in [0.25, 0.3) is 5.69 Å². The van der Waals surface area contributed by atoms with Crippen LogP contribution in [0, 0.1) is 24.0 Å². The number of nitro benzene ring substituents is 1. The van der Waals surface area contributed by atoms with Gasteiger partial charge in [-0.2, -0.15) is 9.78 Å². The summed E-state index contributed by atoms with van der Waals surface area (Å²) in [5, 5.41) is 15.8. The number of halogens is 1. The second-order valence-corrected chi connectivity index (χ2v) is 8.69. The average molecular weight is 480 g/mol. The lowest BCUT2D eigenvalue weighted by Gasteiger charge is -2.10. The SMILES string of the molecule is Cc1ccc(Sc2c(C)nn(-c3ccccc3)c2OC(=O)c2ccc(Cl)c([N+](=O)[O-])c2)cc1. The zero-order chi connectivity index (χ0) is 23.5. The van der Waals surface area contributed by atoms with Gasteiger partial charge in [-0.1, -0.05) is 59.3 Å². The molecule has 0 unspecified atom stereocenters. The van der Waals surface area contributed by atoms with E-state index in [0.29, 0.717) is 16.3 Å². The number of ether oxygens (including phenoxy) is 1. The Kier molecular flexibility index (Phi) is 6.48. The van der Waals surface area contributed by atoms with E-state index >= 15 is 0 Å². The second kappa shape index (κ2) is 9.48. The molecule has 0 saturated carbocycles. The molecular weight excluding hydrogens is 462 g/mol. The van der Waals surface area contributed by atoms with Gasteiger partial charge in [-0.3, -0.25) is 10.1 Å². The van der Waals surface area contributed by atoms with Gasteiger partial charge in [0, 0.05) is 11.0 Å². The molecule has 3 aromatic carbocycles. The van der Waals surface area contributed by atoms with E-state index in [1.54, 1.807) is 4.68 Å². The average Bonchev–Trinajstić information content (AvgIpc) is 3.11. The van der Waals surface area contributed by atoms with Crippen molar-refractivity contribution in [2.24, 2.45) is 0 Å². The number of para-hydroxylation sites is 1. The van der Waals surface area contributed by atoms with Crippen LogP contribution in [0.15, 0.2) is 82.6 Å². The van der Waals surface area contributed by atoms with E-state index in [1.165, 1.54) is 23.9 Å². The van der Waals surface area contributed by atoms with Gasteiger partial charge >= 0.3 is 5.97 Å². The Morgan fingerprint density at radius 2 is 1.76 bits per heavy atom. The summed E-state index contributed by atoms with van der Waals surface area (Å²) in [4.78, 5) is 25.2. The van der Waals surface area contributed by atoms with Crippen LogP contribution in [-0.4, -0.2) is 20.7 Å². The van der Waals surface area contributed by atoms with Gasteiger partial charge in [-0.15, -0.1) is 0 Å². The monoisotopic (exact) mass is 479 g/mol. The highest BCUT2D eigenvalue weighted by Gasteiger charge is 2.24. The Hall–Kier alpha value is -3.62. The molecule has 166 valence electrons. The molecule has 0 amide bonds. The third kappa shape index (κ3) is 4.92. The first kappa shape index (κ1) is 22.6. The van der Waals surface area contributed by atoms with E-state index in [2.05, 4.69) is 5.10 Å². The summed E-state index contributed by atoms with van der Waals surface area (Å²) in [5.74, 6) is -0.524. The molecule has 1 heterocycles. The number of rotatable bonds is 6. The van der Waals surface area contributed by atoms with Crippen LogP contribution in [0.2, 0.25) is 5.02 Å². The van der Waals surface area contributed by atoms with Crippen molar-refractivity contribution < 1.29 is 14.5 Å². The zero-order valence-corrected chi connectivity index (χ0v) is 19.3. The molecule has 0 saturated heterocycles. The van der Waals surface area contributed by atoms with E-state index in [9.17, 15) is 14.9 Å². The molecule has 0 spiro atoms. The summed E-state index contributed by atoms with van der Waals surface area (Å²) in [5.41, 5.74) is 2.16. The van der Waals surface area contributed by atoms with E-state index in [0.717, 1.165) is 16.5 Å². The van der Waals surface area contributed by atoms with Crippen LogP contribution < -0.4 is 4.74 Å². The highest BCUT2D eigenvalue weighted by Crippen LogP contribution is 2.39. The topological polar surface area (TPSA) is 87.3 Å². The second-order valence-electron chi connectivity index (χ2n) is 7.19. The number of benzene rings is 3. The van der Waals surface area contributed by atoms with Crippen LogP contribution in [-0.2, 0) is 0 Å². The van der Waals surface area contributed by atoms with Gasteiger partial charge in [0.1, 0.15) is 5.02 Å². The number of nitro groups is 1. The first-order valence-corrected chi connectivity index (χ1v) is 11.1. The Bertz CT molecular complexity index is 1340. The lowest BCUT2D eigenvalue weighted by Crippen LogP contribution is -2.12. The molecular formula is C24H18ClN3O4S. The largest absolute Gasteiger partial charge is 0.402 e. The van der Waals surface area contributed by atoms with Gasteiger partial charge < -0.3 is 4.74 Å². The van der Waals surface area contributed by atoms with E-state index in [1.807, 2.05) is 68.4 Å². The Labute approximate surface area is 199 Å². The third-order valence-electron chi connectivity index (χ3n) is 4.77. The van der Waals surface area contributed by atoms with Crippen LogP contribution in [0.3, 0.4) is 0 Å². The Balaban J connectivity index is 1.76. The van der Waals surface area contributed by atoms with Crippen molar-refractivity contribution in [3.8, 4) is 11.6 Å². The number of hydrogen-bond acceptors (Lipinski definition) is 6. The fourth-order valence-corrected chi connectivity index (χ4v) is 4.19. The van der Waals surface area contributed by atoms with Crippen LogP contribution in [0.25, 0.3) is 5.69 Å². The first-order chi connectivity index (χ1) is 15.8. The number of aryl methyl sites for hydroxylation is 2. The van der Waals surface area contributed by atoms with Crippen molar-refractivity contribution in [1.29, 1.82) is 0 Å². The molecule has 0 aliphatic rings. The summed E-state index contributed by atoms with van der Waals surface area (Å²) >= 11 is 7.30. The molecule has 0 aliphatic carbocycles. The molecule has 0 bridgehead atoms. The van der Waals surface area contributed by atoms with E-state index < -0.39 is 10.9 Å². The van der Waals surface area contributed by atoms with E-state index in [4.69, 9.17) is 16.3 Å². The van der Waals surface area contributed by atoms with Crippen LogP contribution >= 0.6 is 23.4 Å². The van der Waals surface area contributed by atoms with Gasteiger partial charge in [-0.05, 0) is 50.2 Å². The van der Waals surface area contributed by atoms with Crippen LogP contribution in [0.1, 0.15) is 21.6 Å². The maximum Gasteiger partial charge on any atom is 0.345 e. The lowest BCUT2D eigenvalue weighted by atomic mass is 10.2. The Morgan fingerprint density at radius 3 is 2.42 bits per heavy atom. The molecule has 0 radical (unpaired) electrons. The quantitative estimate of drug-likeness (QED) is 0.180. The first-order valence-electron chi connectivity index (χ1n) is 9.89. The van der Waals surface area contributed by atoms with Crippen molar-refractivity contribution in [3.63, 3.8) is 0 Å². The smallest absolute Gasteiger partial charge is 0.345 e. The minimum atomic E-state index is -0.752. The molecule has 0 N–H and O–H groups in total. The van der Waals surface area contributed by atoms with Gasteiger partial charge in [0.15, 0.2) is 0 Å². The summed E-state index contributed by atoms with van der Waals surface area (Å²) in [6.07, 6.45) is 0. The van der Waals surface area contributed by atoms with E-state index in [-0.39, 0.29) is 22.2 Å². The number of esters is 1. The number of aromatic nitrogens is 2. The van der Waals surface area contributed by atoms with Gasteiger partial charge in [0.05, 0.1) is 26.8 Å². The maximum atomic E-state index is 13.0. The molecule has 33 heavy (non-hydrogen) atoms. The van der Waals surface area contributed by atoms with Crippen molar-refractivity contribution in [2.45, 2.75) is 23.6 Å². The molecule has 1 aromatic heterocycles. The maximum absolute atomic E-state index is 13.0. The van der Waals surface area contributed by atoms with Crippen molar-refractivity contribution in [1.82, 2.24) is 9.78 Å². The standard InChI is InChI=1S/C24H18ClN3O4S/c1-15-8-11-19(12-9-15)33-22-16(2)26-27(18-6-4-3-5-7-18)23(22)32-24(29)17-10-13-20(25)21(14-17)28(30)31/h3-14H,1-2H3. The number of nitrogens with zero attached hydrogens (tertiary/aromatic N) is 3. The third-order valence-corrected chi connectivity index (χ3v) is 6.28. The van der Waals surface area contributed by atoms with Crippen molar-refractivity contribution in [3.05, 3.63) is 105 Å². The molecule has 0 fully saturated rings. The normalized spacial score (nSPS) is 10.8. The molecule has 0 aliphatic heterocycles. The minimum Gasteiger partial charge on any atom is -0.402 e. The number of carbonyl (C=O) groups is 1.